The van der Waals surface area contributed by atoms with Crippen LogP contribution in [0.3, 0.4) is 0 Å². The van der Waals surface area contributed by atoms with Gasteiger partial charge in [0.15, 0.2) is 14.1 Å². The molecule has 3 heteroatoms. The van der Waals surface area contributed by atoms with Gasteiger partial charge in [-0.05, 0) is 43.5 Å². The van der Waals surface area contributed by atoms with E-state index in [2.05, 4.69) is 40.8 Å². The fourth-order valence-corrected chi connectivity index (χ4v) is 4.52. The number of fused-ring (bicyclic) bond motifs is 1. The summed E-state index contributed by atoms with van der Waals surface area (Å²) >= 11 is 0. The minimum Gasteiger partial charge on any atom is -0.413 e. The Bertz CT molecular complexity index is 417. The molecule has 2 aliphatic rings. The minimum atomic E-state index is -1.76. The third-order valence-electron chi connectivity index (χ3n) is 5.48. The lowest BCUT2D eigenvalue weighted by atomic mass is 9.71. The van der Waals surface area contributed by atoms with Gasteiger partial charge < -0.3 is 4.43 Å². The molecule has 19 heavy (non-hydrogen) atoms. The van der Waals surface area contributed by atoms with Crippen molar-refractivity contribution in [1.29, 1.82) is 0 Å². The van der Waals surface area contributed by atoms with Gasteiger partial charge >= 0.3 is 0 Å². The molecule has 2 nitrogen and oxygen atoms in total. The summed E-state index contributed by atoms with van der Waals surface area (Å²) in [6.07, 6.45) is 6.13. The van der Waals surface area contributed by atoms with Crippen LogP contribution in [0.25, 0.3) is 0 Å². The Morgan fingerprint density at radius 1 is 1.37 bits per heavy atom. The van der Waals surface area contributed by atoms with Crippen molar-refractivity contribution >= 4 is 14.1 Å². The number of hydrogen-bond donors (Lipinski definition) is 0. The van der Waals surface area contributed by atoms with Gasteiger partial charge in [-0.1, -0.05) is 33.3 Å². The zero-order valence-electron chi connectivity index (χ0n) is 13.3. The summed E-state index contributed by atoms with van der Waals surface area (Å²) in [4.78, 5) is 11.8. The van der Waals surface area contributed by atoms with Crippen molar-refractivity contribution in [1.82, 2.24) is 0 Å². The van der Waals surface area contributed by atoms with Crippen molar-refractivity contribution in [2.24, 2.45) is 5.41 Å². The van der Waals surface area contributed by atoms with Crippen LogP contribution < -0.4 is 0 Å². The first kappa shape index (κ1) is 15.0. The van der Waals surface area contributed by atoms with Crippen LogP contribution in [-0.2, 0) is 9.22 Å². The number of ketones is 1. The van der Waals surface area contributed by atoms with Gasteiger partial charge in [0.25, 0.3) is 0 Å². The first-order chi connectivity index (χ1) is 8.56. The van der Waals surface area contributed by atoms with Gasteiger partial charge in [-0.15, -0.1) is 0 Å². The van der Waals surface area contributed by atoms with Crippen LogP contribution in [0.4, 0.5) is 0 Å². The van der Waals surface area contributed by atoms with E-state index in [1.165, 1.54) is 5.57 Å². The molecule has 2 atom stereocenters. The largest absolute Gasteiger partial charge is 0.413 e. The highest BCUT2D eigenvalue weighted by Gasteiger charge is 2.49. The number of rotatable bonds is 2. The van der Waals surface area contributed by atoms with E-state index in [9.17, 15) is 4.79 Å². The lowest BCUT2D eigenvalue weighted by Gasteiger charge is -2.47. The van der Waals surface area contributed by atoms with Crippen molar-refractivity contribution < 1.29 is 9.22 Å². The molecule has 0 heterocycles. The second kappa shape index (κ2) is 4.56. The second-order valence-electron chi connectivity index (χ2n) is 7.99. The third-order valence-corrected chi connectivity index (χ3v) is 9.96. The molecule has 0 aromatic heterocycles. The molecule has 2 rings (SSSR count). The van der Waals surface area contributed by atoms with Crippen LogP contribution in [0.2, 0.25) is 18.1 Å². The molecule has 0 bridgehead atoms. The summed E-state index contributed by atoms with van der Waals surface area (Å²) in [5, 5.41) is 0.229. The van der Waals surface area contributed by atoms with Crippen molar-refractivity contribution in [3.63, 3.8) is 0 Å². The van der Waals surface area contributed by atoms with Crippen LogP contribution in [-0.4, -0.2) is 20.2 Å². The highest BCUT2D eigenvalue weighted by molar-refractivity contribution is 6.74. The smallest absolute Gasteiger partial charge is 0.192 e. The number of hydrogen-bond acceptors (Lipinski definition) is 2. The molecule has 0 aromatic carbocycles. The van der Waals surface area contributed by atoms with E-state index in [1.54, 1.807) is 0 Å². The van der Waals surface area contributed by atoms with Crippen LogP contribution >= 0.6 is 0 Å². The summed E-state index contributed by atoms with van der Waals surface area (Å²) < 4.78 is 6.65. The van der Waals surface area contributed by atoms with Crippen molar-refractivity contribution in [2.75, 3.05) is 0 Å². The normalized spacial score (nSPS) is 32.2. The van der Waals surface area contributed by atoms with Crippen molar-refractivity contribution in [2.45, 2.75) is 77.6 Å². The SMILES string of the molecule is CC(C)(C)[Si](C)(C)O[C@H]1CCCC2=CC(=O)C[C@]21C. The molecule has 108 valence electrons. The van der Waals surface area contributed by atoms with Gasteiger partial charge in [0, 0.05) is 11.8 Å². The average Bonchev–Trinajstić information content (AvgIpc) is 2.52. The van der Waals surface area contributed by atoms with E-state index in [0.29, 0.717) is 12.2 Å². The van der Waals surface area contributed by atoms with Crippen molar-refractivity contribution in [3.05, 3.63) is 11.6 Å². The molecular formula is C16H28O2Si. The van der Waals surface area contributed by atoms with E-state index < -0.39 is 8.32 Å². The standard InChI is InChI=1S/C16H28O2Si/c1-15(2,3)19(5,6)18-14-9-7-8-12-10-13(17)11-16(12,14)4/h10,14H,7-9,11H2,1-6H3/t14-,16+/m0/s1. The highest BCUT2D eigenvalue weighted by Crippen LogP contribution is 2.51. The molecule has 1 saturated carbocycles. The predicted octanol–water partition coefficient (Wildman–Crippen LogP) is 4.47. The van der Waals surface area contributed by atoms with E-state index in [4.69, 9.17) is 4.43 Å². The lowest BCUT2D eigenvalue weighted by Crippen LogP contribution is -2.49. The van der Waals surface area contributed by atoms with Gasteiger partial charge in [-0.3, -0.25) is 4.79 Å². The van der Waals surface area contributed by atoms with Gasteiger partial charge in [-0.25, -0.2) is 0 Å². The Morgan fingerprint density at radius 2 is 2.00 bits per heavy atom. The maximum atomic E-state index is 11.8. The molecule has 0 saturated heterocycles. The molecule has 0 aliphatic heterocycles. The Hall–Kier alpha value is -0.413. The third kappa shape index (κ3) is 2.59. The predicted molar refractivity (Wildman–Crippen MR) is 81.7 cm³/mol. The maximum absolute atomic E-state index is 11.8. The Kier molecular flexibility index (Phi) is 3.59. The summed E-state index contributed by atoms with van der Waals surface area (Å²) in [6, 6.07) is 0. The molecule has 0 N–H and O–H groups in total. The summed E-state index contributed by atoms with van der Waals surface area (Å²) in [5.74, 6) is 0.295. The quantitative estimate of drug-likeness (QED) is 0.698. The van der Waals surface area contributed by atoms with Gasteiger partial charge in [0.05, 0.1) is 6.10 Å². The zero-order chi connectivity index (χ0) is 14.5. The Labute approximate surface area is 118 Å². The topological polar surface area (TPSA) is 26.3 Å². The summed E-state index contributed by atoms with van der Waals surface area (Å²) in [6.45, 7) is 13.7. The molecule has 2 aliphatic carbocycles. The van der Waals surface area contributed by atoms with Crippen LogP contribution in [0, 0.1) is 5.41 Å². The van der Waals surface area contributed by atoms with E-state index in [-0.39, 0.29) is 16.6 Å². The van der Waals surface area contributed by atoms with Crippen molar-refractivity contribution in [3.8, 4) is 0 Å². The Balaban J connectivity index is 2.22. The van der Waals surface area contributed by atoms with E-state index in [0.717, 1.165) is 19.3 Å². The zero-order valence-corrected chi connectivity index (χ0v) is 14.3. The Morgan fingerprint density at radius 3 is 2.58 bits per heavy atom. The van der Waals surface area contributed by atoms with Crippen LogP contribution in [0.15, 0.2) is 11.6 Å². The average molecular weight is 280 g/mol. The molecule has 0 unspecified atom stereocenters. The molecule has 0 spiro atoms. The van der Waals surface area contributed by atoms with E-state index >= 15 is 0 Å². The van der Waals surface area contributed by atoms with Crippen LogP contribution in [0.1, 0.15) is 53.4 Å². The van der Waals surface area contributed by atoms with Crippen LogP contribution in [0.5, 0.6) is 0 Å². The lowest BCUT2D eigenvalue weighted by molar-refractivity contribution is -0.116. The van der Waals surface area contributed by atoms with Gasteiger partial charge in [0.1, 0.15) is 0 Å². The second-order valence-corrected chi connectivity index (χ2v) is 12.7. The fourth-order valence-electron chi connectivity index (χ4n) is 3.08. The molecule has 0 amide bonds. The maximum Gasteiger partial charge on any atom is 0.192 e. The minimum absolute atomic E-state index is 0.0230. The van der Waals surface area contributed by atoms with Gasteiger partial charge in [-0.2, -0.15) is 0 Å². The van der Waals surface area contributed by atoms with Gasteiger partial charge in [0.2, 0.25) is 0 Å². The first-order valence-corrected chi connectivity index (χ1v) is 10.4. The monoisotopic (exact) mass is 280 g/mol. The molecule has 0 aromatic rings. The highest BCUT2D eigenvalue weighted by atomic mass is 28.4. The molecule has 0 radical (unpaired) electrons. The number of carbonyl (C=O) groups excluding carboxylic acids is 1. The summed E-state index contributed by atoms with van der Waals surface area (Å²) in [7, 11) is -1.76. The molecule has 1 fully saturated rings. The first-order valence-electron chi connectivity index (χ1n) is 7.48. The van der Waals surface area contributed by atoms with E-state index in [1.807, 2.05) is 6.08 Å². The number of allylic oxidation sites excluding steroid dienone is 1. The molecular weight excluding hydrogens is 252 g/mol. The number of carbonyl (C=O) groups is 1. The summed E-state index contributed by atoms with van der Waals surface area (Å²) in [5.41, 5.74) is 1.32. The fraction of sp³-hybridized carbons (Fsp3) is 0.812.